The van der Waals surface area contributed by atoms with Crippen LogP contribution >= 0.6 is 11.6 Å². The molecule has 0 radical (unpaired) electrons. The number of nitrogens with one attached hydrogen (secondary N) is 4. The summed E-state index contributed by atoms with van der Waals surface area (Å²) in [6.07, 6.45) is 6.45. The van der Waals surface area contributed by atoms with Crippen molar-refractivity contribution in [2.24, 2.45) is 44.9 Å². The Hall–Kier alpha value is -6.43. The Bertz CT molecular complexity index is 5180. The Labute approximate surface area is 641 Å². The quantitative estimate of drug-likeness (QED) is 0.0167. The van der Waals surface area contributed by atoms with E-state index in [0.717, 1.165) is 66.5 Å². The number of carbonyl (C=O) groups is 4. The Balaban J connectivity index is 0.000000684. The summed E-state index contributed by atoms with van der Waals surface area (Å²) in [6, 6.07) is 0. The molecule has 0 saturated heterocycles. The number of aromatic amines is 4. The summed E-state index contributed by atoms with van der Waals surface area (Å²) >= 11 is 5.37. The first kappa shape index (κ1) is 56.0. The zero-order valence-electron chi connectivity index (χ0n) is 70.3. The molecule has 488 valence electrons. The van der Waals surface area contributed by atoms with E-state index < -0.39 is 130 Å². The predicted octanol–water partition coefficient (Wildman–Crippen LogP) is -4.55. The molecule has 0 amide bonds. The fraction of sp³-hybridized carbons (Fsp3) is 0.473. The molecule has 0 unspecified atom stereocenters. The summed E-state index contributed by atoms with van der Waals surface area (Å²) in [5, 5.41) is 8.43. The number of Topliss-reactive ketones (excluding diaryl/α,β-unsaturated/α-hetero) is 3. The Kier molecular flexibility index (Phi) is 23.9. The third-order valence-electron chi connectivity index (χ3n) is 11.6. The van der Waals surface area contributed by atoms with Gasteiger partial charge in [-0.2, -0.15) is 4.98 Å². The van der Waals surface area contributed by atoms with Crippen LogP contribution in [0.1, 0.15) is 122 Å². The van der Waals surface area contributed by atoms with Gasteiger partial charge in [0, 0.05) is 122 Å². The van der Waals surface area contributed by atoms with Gasteiger partial charge < -0.3 is 44.1 Å². The van der Waals surface area contributed by atoms with Crippen molar-refractivity contribution >= 4 is 101 Å². The summed E-state index contributed by atoms with van der Waals surface area (Å²) in [5.74, 6) is 2.75. The first-order valence-electron chi connectivity index (χ1n) is 35.6. The molecular formula is C55H75ClK2N18O15Si. The number of rotatable bonds is 17. The van der Waals surface area contributed by atoms with Gasteiger partial charge in [-0.05, 0) is 85.9 Å². The van der Waals surface area contributed by atoms with Gasteiger partial charge in [0.1, 0.15) is 30.4 Å². The number of carbonyl (C=O) groups excluding carboxylic acids is 4. The largest absolute Gasteiger partial charge is 1.00 e. The number of ketones is 3. The number of aliphatic imine (C=N–C) groups is 2. The van der Waals surface area contributed by atoms with Crippen LogP contribution in [0, 0.1) is 6.92 Å². The van der Waals surface area contributed by atoms with Crippen LogP contribution in [0.25, 0.3) is 33.5 Å². The van der Waals surface area contributed by atoms with Gasteiger partial charge in [0.05, 0.1) is 30.1 Å². The normalized spacial score (nSPS) is 14.9. The molecular weight excluding hydrogens is 1290 g/mol. The molecule has 0 fully saturated rings. The Morgan fingerprint density at radius 3 is 1.76 bits per heavy atom. The van der Waals surface area contributed by atoms with E-state index in [1.54, 1.807) is 13.1 Å². The van der Waals surface area contributed by atoms with Crippen molar-refractivity contribution in [1.82, 2.24) is 76.8 Å². The smallest absolute Gasteiger partial charge is 1.00 e. The molecule has 0 bridgehead atoms. The van der Waals surface area contributed by atoms with E-state index >= 15 is 0 Å². The number of alkyl halides is 1. The standard InChI is InChI=1S/2C13H18N4O3.C10H15N3OSi.C6H11ClO.C6H6N4O2.C6H5N3O2.CH2O3.2K.H/c2*1-9(18)6-4-5-7-17-12(19)10-11(14-8-15(10)2)16(3)13(17)20;1-7-12-9-8(5-6-11-9)10(13-7)14-15(2,3)4;1-6(8)4-2-3-5-7;1-10-2-7-4-3(10)5(11)9-6(12)8-4;10-5-3-1-2-7-4(3)8-6(11)9-5;2-1-4-3;;;/h2*8H,4-7H2,1-3H3;6H,5H2,1-4H3;2-5H2,1H3;2H,1H3,(H2,8,9,11,12);2H,1H2,(H2,8,9,10,11);1,3H;;;/q;;;;;;;2*+1;-1/p-1/i2D3,3D3,6D2,8D;2D3,3D3;;;1D3;;;;;. The maximum atomic E-state index is 12.8. The molecule has 2 aliphatic rings. The van der Waals surface area contributed by atoms with E-state index in [2.05, 4.69) is 74.4 Å². The SMILES string of the molecule is CC(=O)CCCCCl.Cc1nc2c(c(O[Si](C)(C)C)n1)CC=N2.O=CO[O-].O=c1[nH]c2c(c(=O)[nH]1)CC=N2.[2H]C([2H])([2H])n1cnc2[nH]c(=O)[nH]c(=O)c21.[2H]C([2H])([2H])n1cnc2c1c(=O)n(CCCCC(C)=O)c(=O)n2C([2H])([2H])[2H].[2H]c1nc2c(c(=O)n(CCCC([2H])([2H])C(C)=O)c(=O)n2C([2H])([2H])[2H])n1C([2H])([2H])[2H].[H-].[K+].[K+]. The molecule has 8 aromatic heterocycles. The van der Waals surface area contributed by atoms with Gasteiger partial charge in [-0.3, -0.25) is 62.2 Å². The summed E-state index contributed by atoms with van der Waals surface area (Å²) < 4.78 is 144. The van der Waals surface area contributed by atoms with Crippen molar-refractivity contribution in [3.8, 4) is 5.88 Å². The monoisotopic (exact) mass is 1390 g/mol. The molecule has 0 saturated carbocycles. The van der Waals surface area contributed by atoms with Gasteiger partial charge in [0.2, 0.25) is 14.2 Å². The van der Waals surface area contributed by atoms with Crippen molar-refractivity contribution in [2.45, 2.75) is 131 Å². The van der Waals surface area contributed by atoms with Crippen LogP contribution in [0.5, 0.6) is 5.88 Å². The van der Waals surface area contributed by atoms with Gasteiger partial charge >= 0.3 is 126 Å². The predicted molar refractivity (Wildman–Crippen MR) is 337 cm³/mol. The van der Waals surface area contributed by atoms with E-state index in [0.29, 0.717) is 54.8 Å². The first-order chi connectivity index (χ1) is 49.7. The second-order valence-corrected chi connectivity index (χ2v) is 24.6. The van der Waals surface area contributed by atoms with Crippen molar-refractivity contribution < 1.29 is 163 Å². The second-order valence-electron chi connectivity index (χ2n) is 19.8. The minimum Gasteiger partial charge on any atom is -1.00 e. The number of imidazole rings is 3. The fourth-order valence-electron chi connectivity index (χ4n) is 7.63. The molecule has 0 aliphatic carbocycles. The van der Waals surface area contributed by atoms with Crippen molar-refractivity contribution in [2.75, 3.05) is 5.88 Å². The second kappa shape index (κ2) is 39.3. The van der Waals surface area contributed by atoms with Crippen molar-refractivity contribution in [1.29, 1.82) is 0 Å². The van der Waals surface area contributed by atoms with Gasteiger partial charge in [-0.1, -0.05) is 0 Å². The number of hydrogen-bond donors (Lipinski definition) is 4. The summed E-state index contributed by atoms with van der Waals surface area (Å²) in [7, 11) is -1.61. The molecule has 37 heteroatoms. The summed E-state index contributed by atoms with van der Waals surface area (Å²) in [6.45, 7) is -2.79. The number of unbranched alkanes of at least 4 members (excludes halogenated alkanes) is 2. The van der Waals surface area contributed by atoms with Crippen LogP contribution in [0.2, 0.25) is 19.6 Å². The minimum absolute atomic E-state index is 0. The van der Waals surface area contributed by atoms with E-state index in [1.807, 2.05) is 18.1 Å². The molecule has 0 spiro atoms. The van der Waals surface area contributed by atoms with Crippen LogP contribution in [0.3, 0.4) is 0 Å². The van der Waals surface area contributed by atoms with Gasteiger partial charge in [0.15, 0.2) is 39.3 Å². The van der Waals surface area contributed by atoms with E-state index in [9.17, 15) is 52.7 Å². The fourth-order valence-corrected chi connectivity index (χ4v) is 8.57. The molecule has 8 aromatic rings. The number of aromatic nitrogens is 16. The number of hydrogen-bond acceptors (Lipinski definition) is 22. The van der Waals surface area contributed by atoms with Crippen LogP contribution in [-0.2, 0) is 84.9 Å². The molecule has 10 rings (SSSR count). The van der Waals surface area contributed by atoms with Crippen LogP contribution in [-0.4, -0.2) is 127 Å². The number of fused-ring (bicyclic) bond motifs is 5. The van der Waals surface area contributed by atoms with Gasteiger partial charge in [-0.25, -0.2) is 49.1 Å². The third-order valence-corrected chi connectivity index (χ3v) is 12.7. The van der Waals surface area contributed by atoms with E-state index in [-0.39, 0.29) is 180 Å². The summed E-state index contributed by atoms with van der Waals surface area (Å²) in [4.78, 5) is 175. The maximum absolute atomic E-state index is 12.8. The molecule has 4 N–H and O–H groups in total. The third kappa shape index (κ3) is 24.2. The van der Waals surface area contributed by atoms with Crippen LogP contribution in [0.15, 0.2) is 67.3 Å². The van der Waals surface area contributed by atoms with E-state index in [4.69, 9.17) is 50.8 Å². The average molecular weight is 1390 g/mol. The van der Waals surface area contributed by atoms with E-state index in [1.165, 1.54) is 6.92 Å². The zero-order chi connectivity index (χ0) is 82.3. The number of aryl methyl sites for hydroxylation is 6. The van der Waals surface area contributed by atoms with Gasteiger partial charge in [0.25, 0.3) is 28.7 Å². The zero-order valence-corrected chi connectivity index (χ0v) is 59.3. The topological polar surface area (TPSA) is 433 Å². The number of nitrogens with zero attached hydrogens (tertiary/aromatic N) is 14. The number of halogens is 1. The molecule has 10 heterocycles. The minimum atomic E-state index is -3.13. The van der Waals surface area contributed by atoms with Crippen molar-refractivity contribution in [3.63, 3.8) is 0 Å². The maximum Gasteiger partial charge on any atom is 1.00 e. The van der Waals surface area contributed by atoms with Crippen molar-refractivity contribution in [3.05, 3.63) is 119 Å². The Morgan fingerprint density at radius 1 is 0.685 bits per heavy atom. The molecule has 0 aromatic carbocycles. The summed E-state index contributed by atoms with van der Waals surface area (Å²) in [5.41, 5.74) is -7.98. The van der Waals surface area contributed by atoms with Gasteiger partial charge in [-0.15, -0.1) is 11.6 Å². The number of H-pyrrole nitrogens is 4. The first-order valence-corrected chi connectivity index (χ1v) is 30.6. The molecule has 92 heavy (non-hydrogen) atoms. The average Bonchev–Trinajstić information content (AvgIpc) is 1.62. The molecule has 2 aliphatic heterocycles. The molecule has 0 atom stereocenters. The van der Waals surface area contributed by atoms with Crippen LogP contribution < -0.4 is 157 Å². The van der Waals surface area contributed by atoms with Crippen LogP contribution in [0.4, 0.5) is 11.6 Å². The molecule has 33 nitrogen and oxygen atoms in total. The Morgan fingerprint density at radius 2 is 1.21 bits per heavy atom.